The minimum Gasteiger partial charge on any atom is -0.496 e. The highest BCUT2D eigenvalue weighted by molar-refractivity contribution is 5.95. The zero-order chi connectivity index (χ0) is 36.8. The molecule has 1 saturated heterocycles. The molecule has 1 saturated carbocycles. The summed E-state index contributed by atoms with van der Waals surface area (Å²) in [6.07, 6.45) is 0.950. The number of alkyl halides is 3. The van der Waals surface area contributed by atoms with Crippen molar-refractivity contribution < 1.29 is 51.6 Å². The van der Waals surface area contributed by atoms with Gasteiger partial charge in [0, 0.05) is 68.5 Å². The van der Waals surface area contributed by atoms with Gasteiger partial charge in [-0.3, -0.25) is 9.59 Å². The van der Waals surface area contributed by atoms with Crippen molar-refractivity contribution in [1.82, 2.24) is 15.1 Å². The predicted molar refractivity (Wildman–Crippen MR) is 181 cm³/mol. The smallest absolute Gasteiger partial charge is 0.490 e. The number of hydrogen-bond acceptors (Lipinski definition) is 8. The van der Waals surface area contributed by atoms with Crippen LogP contribution in [0.25, 0.3) is 0 Å². The Hall–Kier alpha value is -4.04. The minimum absolute atomic E-state index is 0.00788. The molecule has 2 N–H and O–H groups in total. The highest BCUT2D eigenvalue weighted by Gasteiger charge is 2.38. The van der Waals surface area contributed by atoms with Crippen molar-refractivity contribution in [2.24, 2.45) is 0 Å². The highest BCUT2D eigenvalue weighted by atomic mass is 19.4. The van der Waals surface area contributed by atoms with Crippen LogP contribution >= 0.6 is 0 Å². The van der Waals surface area contributed by atoms with Crippen molar-refractivity contribution in [3.63, 3.8) is 0 Å². The molecular formula is C36H50F3N3O8. The molecule has 11 nitrogen and oxygen atoms in total. The second-order valence-electron chi connectivity index (χ2n) is 12.6. The summed E-state index contributed by atoms with van der Waals surface area (Å²) < 4.78 is 53.7. The van der Waals surface area contributed by atoms with Gasteiger partial charge in [-0.25, -0.2) is 4.79 Å². The number of para-hydroxylation sites is 1. The lowest BCUT2D eigenvalue weighted by atomic mass is 9.95. The molecule has 0 unspecified atom stereocenters. The van der Waals surface area contributed by atoms with E-state index in [2.05, 4.69) is 24.1 Å². The van der Waals surface area contributed by atoms with Crippen LogP contribution in [0.15, 0.2) is 42.5 Å². The van der Waals surface area contributed by atoms with Crippen LogP contribution in [0.5, 0.6) is 17.2 Å². The average molecular weight is 710 g/mol. The number of hydrogen-bond donors (Lipinski definition) is 2. The molecular weight excluding hydrogens is 659 g/mol. The Balaban J connectivity index is 0.000000872. The summed E-state index contributed by atoms with van der Waals surface area (Å²) in [6.45, 7) is 6.69. The number of carboxylic acid groups (broad SMARTS) is 1. The quantitative estimate of drug-likeness (QED) is 0.222. The summed E-state index contributed by atoms with van der Waals surface area (Å²) in [7, 11) is 4.91. The van der Waals surface area contributed by atoms with Gasteiger partial charge >= 0.3 is 12.1 Å². The van der Waals surface area contributed by atoms with E-state index in [0.29, 0.717) is 48.8 Å². The van der Waals surface area contributed by atoms with Crippen molar-refractivity contribution in [3.8, 4) is 17.2 Å². The minimum atomic E-state index is -5.08. The normalized spacial score (nSPS) is 17.3. The number of methoxy groups -OCH3 is 3. The van der Waals surface area contributed by atoms with Gasteiger partial charge in [0.15, 0.2) is 11.5 Å². The summed E-state index contributed by atoms with van der Waals surface area (Å²) in [4.78, 5) is 40.0. The maximum absolute atomic E-state index is 13.8. The number of carboxylic acids is 1. The van der Waals surface area contributed by atoms with Gasteiger partial charge in [0.25, 0.3) is 5.91 Å². The lowest BCUT2D eigenvalue weighted by molar-refractivity contribution is -0.192. The van der Waals surface area contributed by atoms with E-state index >= 15 is 0 Å². The summed E-state index contributed by atoms with van der Waals surface area (Å²) in [5.74, 6) is -0.668. The molecule has 2 fully saturated rings. The summed E-state index contributed by atoms with van der Waals surface area (Å²) in [5.41, 5.74) is 1.52. The fourth-order valence-corrected chi connectivity index (χ4v) is 5.97. The Morgan fingerprint density at radius 2 is 1.58 bits per heavy atom. The molecule has 14 heteroatoms. The van der Waals surface area contributed by atoms with E-state index in [9.17, 15) is 22.8 Å². The number of amides is 2. The molecule has 4 rings (SSSR count). The van der Waals surface area contributed by atoms with Crippen LogP contribution in [-0.2, 0) is 20.7 Å². The lowest BCUT2D eigenvalue weighted by Gasteiger charge is -2.40. The zero-order valence-electron chi connectivity index (χ0n) is 29.5. The van der Waals surface area contributed by atoms with Gasteiger partial charge in [0.1, 0.15) is 5.75 Å². The first kappa shape index (κ1) is 40.4. The number of benzene rings is 2. The van der Waals surface area contributed by atoms with Gasteiger partial charge in [-0.2, -0.15) is 13.2 Å². The standard InChI is InChI=1S/C34H49N3O6.C2HF3O2/c1-24(2)37(34(39)26-11-16-31(42-5)32(21-26)43-20-8-19-40-3)29-13-12-27(35-23-29)17-18-36(28-14-15-28)33(38)22-25-9-6-7-10-30(25)41-4;3-2(4,5)1(6)7/h6-7,9-11,16,21,24,27-29,35H,8,12-15,17-20,22-23H2,1-5H3;(H,6,7)/t27-,29-;/m1./s1. The fraction of sp³-hybridized carbons (Fsp3) is 0.583. The van der Waals surface area contributed by atoms with Crippen LogP contribution in [0.3, 0.4) is 0 Å². The molecule has 2 aromatic carbocycles. The molecule has 0 radical (unpaired) electrons. The maximum Gasteiger partial charge on any atom is 0.490 e. The van der Waals surface area contributed by atoms with Crippen molar-refractivity contribution in [1.29, 1.82) is 0 Å². The first-order valence-electron chi connectivity index (χ1n) is 16.9. The third-order valence-corrected chi connectivity index (χ3v) is 8.64. The van der Waals surface area contributed by atoms with E-state index in [1.807, 2.05) is 35.2 Å². The third kappa shape index (κ3) is 12.1. The van der Waals surface area contributed by atoms with Gasteiger partial charge in [-0.05, 0) is 70.2 Å². The predicted octanol–water partition coefficient (Wildman–Crippen LogP) is 5.35. The Labute approximate surface area is 292 Å². The number of piperidine rings is 1. The number of aliphatic carboxylic acids is 1. The number of rotatable bonds is 16. The number of carbonyl (C=O) groups is 3. The van der Waals surface area contributed by atoms with E-state index in [-0.39, 0.29) is 23.9 Å². The molecule has 1 aliphatic heterocycles. The molecule has 278 valence electrons. The Morgan fingerprint density at radius 1 is 0.920 bits per heavy atom. The van der Waals surface area contributed by atoms with Gasteiger partial charge in [-0.15, -0.1) is 0 Å². The average Bonchev–Trinajstić information content (AvgIpc) is 3.93. The zero-order valence-corrected chi connectivity index (χ0v) is 29.5. The molecule has 1 aliphatic carbocycles. The Morgan fingerprint density at radius 3 is 2.14 bits per heavy atom. The van der Waals surface area contributed by atoms with E-state index in [0.717, 1.165) is 62.9 Å². The Kier molecular flexibility index (Phi) is 15.7. The highest BCUT2D eigenvalue weighted by Crippen LogP contribution is 2.31. The number of carbonyl (C=O) groups excluding carboxylic acids is 2. The molecule has 2 amide bonds. The number of nitrogens with zero attached hydrogens (tertiary/aromatic N) is 2. The SMILES string of the molecule is COCCCOc1cc(C(=O)N(C(C)C)[C@@H]2CC[C@H](CCN(C(=O)Cc3ccccc3OC)C3CC3)NC2)ccc1OC.O=C(O)C(F)(F)F. The van der Waals surface area contributed by atoms with Crippen LogP contribution in [-0.4, -0.2) is 111 Å². The Bertz CT molecular complexity index is 1390. The first-order chi connectivity index (χ1) is 23.8. The fourth-order valence-electron chi connectivity index (χ4n) is 5.97. The van der Waals surface area contributed by atoms with Crippen molar-refractivity contribution in [3.05, 3.63) is 53.6 Å². The summed E-state index contributed by atoms with van der Waals surface area (Å²) in [5, 5.41) is 10.8. The van der Waals surface area contributed by atoms with Crippen LogP contribution < -0.4 is 19.5 Å². The monoisotopic (exact) mass is 709 g/mol. The molecule has 2 atom stereocenters. The molecule has 50 heavy (non-hydrogen) atoms. The second kappa shape index (κ2) is 19.4. The van der Waals surface area contributed by atoms with Gasteiger partial charge in [0.2, 0.25) is 5.91 Å². The van der Waals surface area contributed by atoms with Crippen LogP contribution in [0.1, 0.15) is 68.3 Å². The molecule has 2 aromatic rings. The summed E-state index contributed by atoms with van der Waals surface area (Å²) in [6, 6.07) is 13.9. The molecule has 0 bridgehead atoms. The molecule has 0 aromatic heterocycles. The van der Waals surface area contributed by atoms with Crippen molar-refractivity contribution in [2.75, 3.05) is 47.6 Å². The molecule has 2 aliphatic rings. The molecule has 0 spiro atoms. The number of halogens is 3. The maximum atomic E-state index is 13.8. The first-order valence-corrected chi connectivity index (χ1v) is 16.9. The van der Waals surface area contributed by atoms with E-state index in [1.54, 1.807) is 33.5 Å². The molecule has 1 heterocycles. The number of nitrogens with one attached hydrogen (secondary N) is 1. The topological polar surface area (TPSA) is 127 Å². The lowest BCUT2D eigenvalue weighted by Crippen LogP contribution is -2.54. The van der Waals surface area contributed by atoms with Gasteiger partial charge < -0.3 is 39.2 Å². The van der Waals surface area contributed by atoms with Crippen molar-refractivity contribution in [2.45, 2.75) is 89.1 Å². The van der Waals surface area contributed by atoms with Crippen LogP contribution in [0, 0.1) is 0 Å². The van der Waals surface area contributed by atoms with Crippen molar-refractivity contribution >= 4 is 17.8 Å². The largest absolute Gasteiger partial charge is 0.496 e. The second-order valence-corrected chi connectivity index (χ2v) is 12.6. The summed E-state index contributed by atoms with van der Waals surface area (Å²) >= 11 is 0. The third-order valence-electron chi connectivity index (χ3n) is 8.64. The van der Waals surface area contributed by atoms with Crippen LogP contribution in [0.4, 0.5) is 13.2 Å². The number of ether oxygens (including phenoxy) is 4. The van der Waals surface area contributed by atoms with Crippen LogP contribution in [0.2, 0.25) is 0 Å². The van der Waals surface area contributed by atoms with Gasteiger partial charge in [-0.1, -0.05) is 18.2 Å². The van der Waals surface area contributed by atoms with E-state index < -0.39 is 12.1 Å². The van der Waals surface area contributed by atoms with Gasteiger partial charge in [0.05, 0.1) is 27.2 Å². The van der Waals surface area contributed by atoms with E-state index in [1.165, 1.54) is 0 Å². The van der Waals surface area contributed by atoms with E-state index in [4.69, 9.17) is 28.8 Å².